The highest BCUT2D eigenvalue weighted by Crippen LogP contribution is 2.17. The number of rotatable bonds is 5. The van der Waals surface area contributed by atoms with Crippen molar-refractivity contribution in [3.63, 3.8) is 0 Å². The van der Waals surface area contributed by atoms with Crippen molar-refractivity contribution in [2.45, 2.75) is 13.3 Å². The van der Waals surface area contributed by atoms with Crippen LogP contribution in [0.3, 0.4) is 0 Å². The molecule has 0 saturated heterocycles. The molecule has 0 unspecified atom stereocenters. The summed E-state index contributed by atoms with van der Waals surface area (Å²) >= 11 is 0. The maximum absolute atomic E-state index is 13.1. The molecule has 0 aliphatic carbocycles. The van der Waals surface area contributed by atoms with Crippen molar-refractivity contribution >= 4 is 15.9 Å². The van der Waals surface area contributed by atoms with Crippen LogP contribution in [0.25, 0.3) is 0 Å². The summed E-state index contributed by atoms with van der Waals surface area (Å²) in [6, 6.07) is 3.63. The van der Waals surface area contributed by atoms with Crippen LogP contribution in [-0.4, -0.2) is 21.5 Å². The summed E-state index contributed by atoms with van der Waals surface area (Å²) in [5.41, 5.74) is 5.70. The predicted molar refractivity (Wildman–Crippen MR) is 73.2 cm³/mol. The predicted octanol–water partition coefficient (Wildman–Crippen LogP) is 0.792. The van der Waals surface area contributed by atoms with Crippen LogP contribution < -0.4 is 15.2 Å². The molecule has 0 spiro atoms. The molecule has 0 amide bonds. The highest BCUT2D eigenvalue weighted by molar-refractivity contribution is 7.90. The first-order chi connectivity index (χ1) is 8.98. The maximum atomic E-state index is 13.1. The van der Waals surface area contributed by atoms with Gasteiger partial charge in [0.25, 0.3) is 10.2 Å². The second kappa shape index (κ2) is 7.09. The lowest BCUT2D eigenvalue weighted by Gasteiger charge is -2.10. The largest absolute Gasteiger partial charge is 0.320 e. The van der Waals surface area contributed by atoms with Crippen LogP contribution >= 0.6 is 0 Å². The molecule has 0 heterocycles. The molecule has 0 saturated carbocycles. The van der Waals surface area contributed by atoms with E-state index in [1.54, 1.807) is 0 Å². The fourth-order valence-corrected chi connectivity index (χ4v) is 2.28. The highest BCUT2D eigenvalue weighted by atomic mass is 32.2. The van der Waals surface area contributed by atoms with Crippen molar-refractivity contribution < 1.29 is 12.8 Å². The number of benzene rings is 1. The normalized spacial score (nSPS) is 10.7. The lowest BCUT2D eigenvalue weighted by atomic mass is 10.2. The number of halogens is 1. The summed E-state index contributed by atoms with van der Waals surface area (Å²) in [7, 11) is -3.68. The van der Waals surface area contributed by atoms with Gasteiger partial charge in [0.2, 0.25) is 0 Å². The quantitative estimate of drug-likeness (QED) is 0.699. The number of anilines is 1. The lowest BCUT2D eigenvalue weighted by Crippen LogP contribution is -2.30. The Hall–Kier alpha value is -1.62. The van der Waals surface area contributed by atoms with Crippen molar-refractivity contribution in [1.29, 1.82) is 0 Å². The summed E-state index contributed by atoms with van der Waals surface area (Å²) in [5, 5.41) is 0. The van der Waals surface area contributed by atoms with E-state index in [9.17, 15) is 12.8 Å². The standard InChI is InChI=1S/C12H16FN3O2S/c1-2-8-15-19(17,18)16-12-6-5-11(13)9-10(12)4-3-7-14/h5-6,9,15-16H,2,7-8,14H2,1H3. The first kappa shape index (κ1) is 15.4. The van der Waals surface area contributed by atoms with E-state index in [1.165, 1.54) is 6.07 Å². The minimum atomic E-state index is -3.68. The molecule has 1 aromatic rings. The van der Waals surface area contributed by atoms with Gasteiger partial charge in [0.15, 0.2) is 0 Å². The van der Waals surface area contributed by atoms with Gasteiger partial charge in [0.05, 0.1) is 17.8 Å². The van der Waals surface area contributed by atoms with Gasteiger partial charge in [-0.25, -0.2) is 4.39 Å². The van der Waals surface area contributed by atoms with E-state index in [4.69, 9.17) is 5.73 Å². The van der Waals surface area contributed by atoms with Gasteiger partial charge in [-0.05, 0) is 24.6 Å². The van der Waals surface area contributed by atoms with Crippen molar-refractivity contribution in [3.8, 4) is 11.8 Å². The summed E-state index contributed by atoms with van der Waals surface area (Å²) in [6.07, 6.45) is 0.671. The topological polar surface area (TPSA) is 84.2 Å². The Balaban J connectivity index is 3.00. The van der Waals surface area contributed by atoms with E-state index in [0.717, 1.165) is 12.1 Å². The van der Waals surface area contributed by atoms with Gasteiger partial charge >= 0.3 is 0 Å². The Morgan fingerprint density at radius 3 is 2.79 bits per heavy atom. The molecular weight excluding hydrogens is 269 g/mol. The summed E-state index contributed by atoms with van der Waals surface area (Å²) < 4.78 is 41.1. The lowest BCUT2D eigenvalue weighted by molar-refractivity contribution is 0.586. The van der Waals surface area contributed by atoms with E-state index in [-0.39, 0.29) is 17.8 Å². The Morgan fingerprint density at radius 2 is 2.16 bits per heavy atom. The molecule has 1 aromatic carbocycles. The molecule has 0 fully saturated rings. The molecule has 5 nitrogen and oxygen atoms in total. The zero-order valence-corrected chi connectivity index (χ0v) is 11.3. The van der Waals surface area contributed by atoms with Crippen LogP contribution in [0.2, 0.25) is 0 Å². The number of nitrogens with two attached hydrogens (primary N) is 1. The molecule has 0 aliphatic rings. The van der Waals surface area contributed by atoms with Gasteiger partial charge in [0, 0.05) is 6.54 Å². The molecule has 0 radical (unpaired) electrons. The third kappa shape index (κ3) is 5.26. The van der Waals surface area contributed by atoms with Crippen LogP contribution in [0.5, 0.6) is 0 Å². The van der Waals surface area contributed by atoms with Gasteiger partial charge in [-0.2, -0.15) is 13.1 Å². The van der Waals surface area contributed by atoms with Crippen LogP contribution in [0.1, 0.15) is 18.9 Å². The van der Waals surface area contributed by atoms with Gasteiger partial charge in [-0.1, -0.05) is 18.8 Å². The van der Waals surface area contributed by atoms with Crippen molar-refractivity contribution in [1.82, 2.24) is 4.72 Å². The number of nitrogens with one attached hydrogen (secondary N) is 2. The summed E-state index contributed by atoms with van der Waals surface area (Å²) in [6.45, 7) is 2.27. The first-order valence-electron chi connectivity index (χ1n) is 5.74. The third-order valence-electron chi connectivity index (χ3n) is 2.09. The third-order valence-corrected chi connectivity index (χ3v) is 3.17. The summed E-state index contributed by atoms with van der Waals surface area (Å²) in [5.74, 6) is 4.69. The van der Waals surface area contributed by atoms with Crippen LogP contribution in [0.15, 0.2) is 18.2 Å². The fourth-order valence-electron chi connectivity index (χ4n) is 1.27. The second-order valence-electron chi connectivity index (χ2n) is 3.70. The van der Waals surface area contributed by atoms with E-state index >= 15 is 0 Å². The average Bonchev–Trinajstić information content (AvgIpc) is 2.36. The van der Waals surface area contributed by atoms with E-state index < -0.39 is 16.0 Å². The molecule has 0 aliphatic heterocycles. The zero-order valence-electron chi connectivity index (χ0n) is 10.5. The number of hydrogen-bond donors (Lipinski definition) is 3. The van der Waals surface area contributed by atoms with Crippen LogP contribution in [0.4, 0.5) is 10.1 Å². The van der Waals surface area contributed by atoms with Crippen molar-refractivity contribution in [3.05, 3.63) is 29.6 Å². The van der Waals surface area contributed by atoms with Crippen molar-refractivity contribution in [2.75, 3.05) is 17.8 Å². The van der Waals surface area contributed by atoms with Gasteiger partial charge in [-0.15, -0.1) is 0 Å². The van der Waals surface area contributed by atoms with E-state index in [2.05, 4.69) is 21.3 Å². The average molecular weight is 285 g/mol. The molecule has 19 heavy (non-hydrogen) atoms. The van der Waals surface area contributed by atoms with Crippen molar-refractivity contribution in [2.24, 2.45) is 5.73 Å². The summed E-state index contributed by atoms with van der Waals surface area (Å²) in [4.78, 5) is 0. The fraction of sp³-hybridized carbons (Fsp3) is 0.333. The Morgan fingerprint density at radius 1 is 1.42 bits per heavy atom. The zero-order chi connectivity index (χ0) is 14.3. The number of hydrogen-bond acceptors (Lipinski definition) is 3. The molecule has 0 bridgehead atoms. The monoisotopic (exact) mass is 285 g/mol. The van der Waals surface area contributed by atoms with Gasteiger partial charge < -0.3 is 5.73 Å². The SMILES string of the molecule is CCCNS(=O)(=O)Nc1ccc(F)cc1C#CCN. The van der Waals surface area contributed by atoms with E-state index in [1.807, 2.05) is 6.92 Å². The maximum Gasteiger partial charge on any atom is 0.299 e. The molecule has 0 atom stereocenters. The van der Waals surface area contributed by atoms with E-state index in [0.29, 0.717) is 13.0 Å². The first-order valence-corrected chi connectivity index (χ1v) is 7.22. The Labute approximate surface area is 112 Å². The smallest absolute Gasteiger partial charge is 0.299 e. The minimum Gasteiger partial charge on any atom is -0.320 e. The molecule has 0 aromatic heterocycles. The Kier molecular flexibility index (Phi) is 5.76. The molecular formula is C12H16FN3O2S. The van der Waals surface area contributed by atoms with Crippen LogP contribution in [0, 0.1) is 17.7 Å². The van der Waals surface area contributed by atoms with Gasteiger partial charge in [0.1, 0.15) is 5.82 Å². The molecule has 1 rings (SSSR count). The molecule has 4 N–H and O–H groups in total. The Bertz CT molecular complexity index is 591. The second-order valence-corrected chi connectivity index (χ2v) is 5.20. The molecule has 104 valence electrons. The van der Waals surface area contributed by atoms with Crippen LogP contribution in [-0.2, 0) is 10.2 Å². The molecule has 7 heteroatoms. The highest BCUT2D eigenvalue weighted by Gasteiger charge is 2.11. The van der Waals surface area contributed by atoms with Gasteiger partial charge in [-0.3, -0.25) is 4.72 Å². The minimum absolute atomic E-state index is 0.108.